The predicted octanol–water partition coefficient (Wildman–Crippen LogP) is 2.85. The maximum atomic E-state index is 12.7. The van der Waals surface area contributed by atoms with Crippen LogP contribution in [0.1, 0.15) is 38.2 Å². The number of hydrazine groups is 1. The Morgan fingerprint density at radius 1 is 0.792 bits per heavy atom. The quantitative estimate of drug-likeness (QED) is 0.836. The minimum absolute atomic E-state index is 0.219. The monoisotopic (exact) mass is 346 g/mol. The summed E-state index contributed by atoms with van der Waals surface area (Å²) in [7, 11) is -3.87. The van der Waals surface area contributed by atoms with Crippen LogP contribution in [0.4, 0.5) is 0 Å². The zero-order valence-corrected chi connectivity index (χ0v) is 15.3. The van der Waals surface area contributed by atoms with Crippen molar-refractivity contribution in [3.8, 4) is 0 Å². The molecule has 0 unspecified atom stereocenters. The Morgan fingerprint density at radius 2 is 1.25 bits per heavy atom. The Balaban J connectivity index is 2.34. The molecule has 2 rings (SSSR count). The number of benzene rings is 2. The van der Waals surface area contributed by atoms with Gasteiger partial charge in [-0.05, 0) is 74.6 Å². The van der Waals surface area contributed by atoms with Gasteiger partial charge in [0, 0.05) is 5.56 Å². The molecule has 1 amide bonds. The lowest BCUT2D eigenvalue weighted by Crippen LogP contribution is -2.42. The summed E-state index contributed by atoms with van der Waals surface area (Å²) in [6.45, 7) is 9.34. The molecule has 0 heterocycles. The number of hydrogen-bond acceptors (Lipinski definition) is 3. The maximum absolute atomic E-state index is 12.7. The van der Waals surface area contributed by atoms with Gasteiger partial charge >= 0.3 is 0 Å². The van der Waals surface area contributed by atoms with Crippen LogP contribution in [0.5, 0.6) is 0 Å². The van der Waals surface area contributed by atoms with Crippen LogP contribution in [0.2, 0.25) is 0 Å². The van der Waals surface area contributed by atoms with Gasteiger partial charge in [-0.3, -0.25) is 10.2 Å². The first-order valence-electron chi connectivity index (χ1n) is 7.61. The summed E-state index contributed by atoms with van der Waals surface area (Å²) in [5, 5.41) is 0. The second-order valence-electron chi connectivity index (χ2n) is 5.88. The topological polar surface area (TPSA) is 75.3 Å². The van der Waals surface area contributed by atoms with Crippen LogP contribution in [0.15, 0.2) is 35.2 Å². The number of rotatable bonds is 4. The molecule has 5 nitrogen and oxygen atoms in total. The van der Waals surface area contributed by atoms with Gasteiger partial charge in [-0.1, -0.05) is 18.2 Å². The highest BCUT2D eigenvalue weighted by atomic mass is 32.2. The Kier molecular flexibility index (Phi) is 5.11. The molecule has 0 atom stereocenters. The minimum Gasteiger partial charge on any atom is -0.273 e. The normalized spacial score (nSPS) is 11.4. The molecule has 2 aromatic rings. The van der Waals surface area contributed by atoms with Crippen LogP contribution in [0.25, 0.3) is 0 Å². The number of nitrogens with one attached hydrogen (secondary N) is 2. The molecule has 2 N–H and O–H groups in total. The van der Waals surface area contributed by atoms with Crippen LogP contribution in [0, 0.1) is 34.6 Å². The number of sulfonamides is 1. The van der Waals surface area contributed by atoms with Crippen molar-refractivity contribution in [3.05, 3.63) is 63.7 Å². The third kappa shape index (κ3) is 3.34. The van der Waals surface area contributed by atoms with E-state index in [0.717, 1.165) is 16.7 Å². The highest BCUT2D eigenvalue weighted by Crippen LogP contribution is 2.29. The summed E-state index contributed by atoms with van der Waals surface area (Å²) >= 11 is 0. The van der Waals surface area contributed by atoms with Gasteiger partial charge in [-0.2, -0.15) is 0 Å². The average molecular weight is 346 g/mol. The molecular formula is C18H22N2O3S. The van der Waals surface area contributed by atoms with Crippen molar-refractivity contribution in [1.29, 1.82) is 0 Å². The molecule has 0 fully saturated rings. The van der Waals surface area contributed by atoms with Gasteiger partial charge in [0.15, 0.2) is 0 Å². The van der Waals surface area contributed by atoms with Crippen molar-refractivity contribution in [2.45, 2.75) is 39.5 Å². The molecule has 6 heteroatoms. The summed E-state index contributed by atoms with van der Waals surface area (Å²) in [6, 6.07) is 8.43. The van der Waals surface area contributed by atoms with E-state index in [1.165, 1.54) is 0 Å². The fourth-order valence-corrected chi connectivity index (χ4v) is 4.14. The fourth-order valence-electron chi connectivity index (χ4n) is 2.69. The molecular weight excluding hydrogens is 324 g/mol. The van der Waals surface area contributed by atoms with Crippen LogP contribution in [0.3, 0.4) is 0 Å². The van der Waals surface area contributed by atoms with Gasteiger partial charge in [0.05, 0.1) is 4.90 Å². The lowest BCUT2D eigenvalue weighted by molar-refractivity contribution is 0.0945. The standard InChI is InChI=1S/C18H22N2O3S/c1-11-12(2)14(4)17(15(5)13(11)3)24(22,23)20-19-18(21)16-9-7-6-8-10-16/h6-10,20H,1-5H3,(H,19,21). The van der Waals surface area contributed by atoms with Crippen molar-refractivity contribution >= 4 is 15.9 Å². The van der Waals surface area contributed by atoms with E-state index in [4.69, 9.17) is 0 Å². The lowest BCUT2D eigenvalue weighted by atomic mass is 9.95. The molecule has 0 aromatic heterocycles. The Bertz CT molecular complexity index is 859. The van der Waals surface area contributed by atoms with Crippen molar-refractivity contribution in [1.82, 2.24) is 10.3 Å². The van der Waals surface area contributed by atoms with E-state index in [-0.39, 0.29) is 4.90 Å². The molecule has 0 saturated heterocycles. The molecule has 2 aromatic carbocycles. The van der Waals surface area contributed by atoms with Crippen molar-refractivity contribution in [2.24, 2.45) is 0 Å². The average Bonchev–Trinajstić information content (AvgIpc) is 2.57. The summed E-state index contributed by atoms with van der Waals surface area (Å²) in [5.74, 6) is -0.505. The van der Waals surface area contributed by atoms with Gasteiger partial charge in [-0.15, -0.1) is 4.83 Å². The maximum Gasteiger partial charge on any atom is 0.266 e. The molecule has 0 aliphatic heterocycles. The van der Waals surface area contributed by atoms with Gasteiger partial charge < -0.3 is 0 Å². The van der Waals surface area contributed by atoms with E-state index in [9.17, 15) is 13.2 Å². The van der Waals surface area contributed by atoms with Gasteiger partial charge in [0.25, 0.3) is 15.9 Å². The summed E-state index contributed by atoms with van der Waals surface area (Å²) < 4.78 is 25.4. The van der Waals surface area contributed by atoms with Crippen molar-refractivity contribution in [2.75, 3.05) is 0 Å². The lowest BCUT2D eigenvalue weighted by Gasteiger charge is -2.19. The third-order valence-corrected chi connectivity index (χ3v) is 6.06. The van der Waals surface area contributed by atoms with E-state index in [2.05, 4.69) is 10.3 Å². The molecule has 24 heavy (non-hydrogen) atoms. The first kappa shape index (κ1) is 18.2. The fraction of sp³-hybridized carbons (Fsp3) is 0.278. The third-order valence-electron chi connectivity index (χ3n) is 4.53. The van der Waals surface area contributed by atoms with Crippen LogP contribution < -0.4 is 10.3 Å². The van der Waals surface area contributed by atoms with Gasteiger partial charge in [0.1, 0.15) is 0 Å². The van der Waals surface area contributed by atoms with E-state index >= 15 is 0 Å². The second-order valence-corrected chi connectivity index (χ2v) is 7.50. The minimum atomic E-state index is -3.87. The summed E-state index contributed by atoms with van der Waals surface area (Å²) in [5.41, 5.74) is 6.99. The zero-order valence-electron chi connectivity index (χ0n) is 14.5. The van der Waals surface area contributed by atoms with Crippen LogP contribution in [-0.2, 0) is 10.0 Å². The first-order valence-corrected chi connectivity index (χ1v) is 9.09. The van der Waals surface area contributed by atoms with Gasteiger partial charge in [0.2, 0.25) is 0 Å². The van der Waals surface area contributed by atoms with Crippen molar-refractivity contribution < 1.29 is 13.2 Å². The molecule has 128 valence electrons. The summed E-state index contributed by atoms with van der Waals surface area (Å²) in [4.78, 5) is 14.5. The van der Waals surface area contributed by atoms with Crippen molar-refractivity contribution in [3.63, 3.8) is 0 Å². The smallest absolute Gasteiger partial charge is 0.266 e. The van der Waals surface area contributed by atoms with E-state index < -0.39 is 15.9 Å². The number of hydrogen-bond donors (Lipinski definition) is 2. The molecule has 0 bridgehead atoms. The van der Waals surface area contributed by atoms with Gasteiger partial charge in [-0.25, -0.2) is 8.42 Å². The Hall–Kier alpha value is -2.18. The van der Waals surface area contributed by atoms with Crippen LogP contribution in [-0.4, -0.2) is 14.3 Å². The number of carbonyl (C=O) groups excluding carboxylic acids is 1. The van der Waals surface area contributed by atoms with Crippen LogP contribution >= 0.6 is 0 Å². The Labute approximate surface area is 143 Å². The van der Waals surface area contributed by atoms with E-state index in [1.807, 2.05) is 20.8 Å². The number of amides is 1. The highest BCUT2D eigenvalue weighted by Gasteiger charge is 2.24. The Morgan fingerprint density at radius 3 is 1.75 bits per heavy atom. The highest BCUT2D eigenvalue weighted by molar-refractivity contribution is 7.89. The molecule has 0 saturated carbocycles. The SMILES string of the molecule is Cc1c(C)c(C)c(S(=O)(=O)NNC(=O)c2ccccc2)c(C)c1C. The van der Waals surface area contributed by atoms with E-state index in [0.29, 0.717) is 16.7 Å². The molecule has 0 aliphatic carbocycles. The molecule has 0 spiro atoms. The zero-order chi connectivity index (χ0) is 18.1. The first-order chi connectivity index (χ1) is 11.2. The molecule has 0 radical (unpaired) electrons. The molecule has 0 aliphatic rings. The predicted molar refractivity (Wildman–Crippen MR) is 94.4 cm³/mol. The summed E-state index contributed by atoms with van der Waals surface area (Å²) in [6.07, 6.45) is 0. The second kappa shape index (κ2) is 6.75. The van der Waals surface area contributed by atoms with E-state index in [1.54, 1.807) is 44.2 Å². The number of carbonyl (C=O) groups is 1. The largest absolute Gasteiger partial charge is 0.273 e.